The van der Waals surface area contributed by atoms with Gasteiger partial charge in [0.1, 0.15) is 11.1 Å². The van der Waals surface area contributed by atoms with Crippen LogP contribution in [-0.2, 0) is 9.59 Å². The molecule has 1 unspecified atom stereocenters. The number of hydrogen-bond acceptors (Lipinski definition) is 5. The Morgan fingerprint density at radius 2 is 2.03 bits per heavy atom. The first-order valence-electron chi connectivity index (χ1n) is 8.83. The number of aromatic carboxylic acids is 1. The van der Waals surface area contributed by atoms with E-state index < -0.39 is 22.9 Å². The molecule has 0 bridgehead atoms. The van der Waals surface area contributed by atoms with Crippen LogP contribution in [0.5, 0.6) is 0 Å². The summed E-state index contributed by atoms with van der Waals surface area (Å²) in [6.07, 6.45) is -0.0227. The van der Waals surface area contributed by atoms with Crippen molar-refractivity contribution in [3.8, 4) is 0 Å². The van der Waals surface area contributed by atoms with Crippen molar-refractivity contribution in [2.24, 2.45) is 4.99 Å². The standard InChI is InChI=1S/C20H18FN3O4S/c1-2-24-17(25)11-16(29-20(24)23-15-8-4-6-13(21)10-15)18(26)22-14-7-3-5-12(9-14)19(27)28/h3-10,16H,2,11H2,1H3,(H,22,26)(H,27,28). The maximum Gasteiger partial charge on any atom is 0.335 e. The third-order valence-electron chi connectivity index (χ3n) is 4.16. The highest BCUT2D eigenvalue weighted by Gasteiger charge is 2.35. The van der Waals surface area contributed by atoms with Crippen LogP contribution in [0.3, 0.4) is 0 Å². The van der Waals surface area contributed by atoms with Crippen molar-refractivity contribution in [1.29, 1.82) is 0 Å². The molecule has 9 heteroatoms. The number of carbonyl (C=O) groups is 3. The minimum atomic E-state index is -1.11. The van der Waals surface area contributed by atoms with Crippen molar-refractivity contribution >= 4 is 46.1 Å². The van der Waals surface area contributed by atoms with Gasteiger partial charge >= 0.3 is 5.97 Å². The number of anilines is 1. The summed E-state index contributed by atoms with van der Waals surface area (Å²) in [4.78, 5) is 42.1. The van der Waals surface area contributed by atoms with Crippen molar-refractivity contribution < 1.29 is 23.9 Å². The number of carboxylic acids is 1. The summed E-state index contributed by atoms with van der Waals surface area (Å²) in [5, 5.41) is 11.3. The Labute approximate surface area is 170 Å². The van der Waals surface area contributed by atoms with Crippen molar-refractivity contribution in [3.05, 3.63) is 59.9 Å². The van der Waals surface area contributed by atoms with E-state index in [0.29, 0.717) is 23.1 Å². The van der Waals surface area contributed by atoms with Crippen LogP contribution in [0.4, 0.5) is 15.8 Å². The molecule has 0 aliphatic carbocycles. The molecule has 1 saturated heterocycles. The second-order valence-corrected chi connectivity index (χ2v) is 7.37. The molecule has 2 amide bonds. The number of aliphatic imine (C=N–C) groups is 1. The Morgan fingerprint density at radius 3 is 2.72 bits per heavy atom. The van der Waals surface area contributed by atoms with Gasteiger partial charge < -0.3 is 10.4 Å². The number of hydrogen-bond donors (Lipinski definition) is 2. The molecule has 1 atom stereocenters. The lowest BCUT2D eigenvalue weighted by molar-refractivity contribution is -0.129. The summed E-state index contributed by atoms with van der Waals surface area (Å²) in [6.45, 7) is 2.16. The van der Waals surface area contributed by atoms with E-state index in [9.17, 15) is 18.8 Å². The summed E-state index contributed by atoms with van der Waals surface area (Å²) in [6, 6.07) is 11.5. The van der Waals surface area contributed by atoms with Crippen LogP contribution in [0, 0.1) is 5.82 Å². The fourth-order valence-electron chi connectivity index (χ4n) is 2.76. The van der Waals surface area contributed by atoms with E-state index in [1.54, 1.807) is 19.1 Å². The second-order valence-electron chi connectivity index (χ2n) is 6.20. The van der Waals surface area contributed by atoms with Gasteiger partial charge in [-0.15, -0.1) is 0 Å². The highest BCUT2D eigenvalue weighted by molar-refractivity contribution is 8.15. The molecule has 150 valence electrons. The van der Waals surface area contributed by atoms with Gasteiger partial charge in [-0.2, -0.15) is 0 Å². The molecule has 2 aromatic rings. The minimum Gasteiger partial charge on any atom is -0.478 e. The summed E-state index contributed by atoms with van der Waals surface area (Å²) < 4.78 is 13.5. The molecule has 29 heavy (non-hydrogen) atoms. The molecule has 0 saturated carbocycles. The van der Waals surface area contributed by atoms with Gasteiger partial charge in [0.15, 0.2) is 5.17 Å². The van der Waals surface area contributed by atoms with E-state index in [-0.39, 0.29) is 17.9 Å². The first-order valence-corrected chi connectivity index (χ1v) is 9.71. The number of carboxylic acid groups (broad SMARTS) is 1. The maximum absolute atomic E-state index is 13.5. The molecule has 3 rings (SSSR count). The normalized spacial score (nSPS) is 18.0. The number of rotatable bonds is 5. The van der Waals surface area contributed by atoms with Crippen LogP contribution >= 0.6 is 11.8 Å². The monoisotopic (exact) mass is 415 g/mol. The predicted molar refractivity (Wildman–Crippen MR) is 109 cm³/mol. The van der Waals surface area contributed by atoms with Crippen LogP contribution in [0.2, 0.25) is 0 Å². The fraction of sp³-hybridized carbons (Fsp3) is 0.200. The zero-order valence-corrected chi connectivity index (χ0v) is 16.3. The van der Waals surface area contributed by atoms with Gasteiger partial charge in [-0.3, -0.25) is 14.5 Å². The largest absolute Gasteiger partial charge is 0.478 e. The molecular weight excluding hydrogens is 397 g/mol. The maximum atomic E-state index is 13.5. The fourth-order valence-corrected chi connectivity index (χ4v) is 3.92. The van der Waals surface area contributed by atoms with Crippen LogP contribution < -0.4 is 5.32 Å². The molecular formula is C20H18FN3O4S. The van der Waals surface area contributed by atoms with Gasteiger partial charge in [0, 0.05) is 18.7 Å². The third kappa shape index (κ3) is 5.00. The quantitative estimate of drug-likeness (QED) is 0.779. The number of nitrogens with zero attached hydrogens (tertiary/aromatic N) is 2. The molecule has 7 nitrogen and oxygen atoms in total. The molecule has 1 fully saturated rings. The number of carbonyl (C=O) groups excluding carboxylic acids is 2. The smallest absolute Gasteiger partial charge is 0.335 e. The molecule has 2 N–H and O–H groups in total. The number of halogens is 1. The molecule has 1 heterocycles. The zero-order chi connectivity index (χ0) is 21.0. The Balaban J connectivity index is 1.81. The van der Waals surface area contributed by atoms with Crippen LogP contribution in [0.25, 0.3) is 0 Å². The van der Waals surface area contributed by atoms with E-state index in [0.717, 1.165) is 11.8 Å². The van der Waals surface area contributed by atoms with Crippen molar-refractivity contribution in [3.63, 3.8) is 0 Å². The summed E-state index contributed by atoms with van der Waals surface area (Å²) in [5.41, 5.74) is 0.708. The number of amides is 2. The Morgan fingerprint density at radius 1 is 1.28 bits per heavy atom. The van der Waals surface area contributed by atoms with Gasteiger partial charge in [-0.25, -0.2) is 14.2 Å². The number of amidine groups is 1. The van der Waals surface area contributed by atoms with E-state index in [1.807, 2.05) is 0 Å². The van der Waals surface area contributed by atoms with Gasteiger partial charge in [0.05, 0.1) is 11.3 Å². The summed E-state index contributed by atoms with van der Waals surface area (Å²) in [5.74, 6) is -2.25. The van der Waals surface area contributed by atoms with Gasteiger partial charge in [0.2, 0.25) is 11.8 Å². The zero-order valence-electron chi connectivity index (χ0n) is 15.5. The number of benzene rings is 2. The molecule has 1 aliphatic heterocycles. The average Bonchev–Trinajstić information content (AvgIpc) is 2.68. The highest BCUT2D eigenvalue weighted by atomic mass is 32.2. The van der Waals surface area contributed by atoms with Gasteiger partial charge in [0.25, 0.3) is 0 Å². The summed E-state index contributed by atoms with van der Waals surface area (Å²) >= 11 is 1.11. The number of thioether (sulfide) groups is 1. The average molecular weight is 415 g/mol. The summed E-state index contributed by atoms with van der Waals surface area (Å²) in [7, 11) is 0. The van der Waals surface area contributed by atoms with Crippen LogP contribution in [0.15, 0.2) is 53.5 Å². The van der Waals surface area contributed by atoms with Crippen LogP contribution in [-0.4, -0.2) is 44.8 Å². The minimum absolute atomic E-state index is 0.0227. The van der Waals surface area contributed by atoms with Crippen molar-refractivity contribution in [1.82, 2.24) is 4.90 Å². The number of nitrogens with one attached hydrogen (secondary N) is 1. The second kappa shape index (κ2) is 8.87. The lowest BCUT2D eigenvalue weighted by Gasteiger charge is -2.30. The molecule has 0 aromatic heterocycles. The van der Waals surface area contributed by atoms with E-state index in [1.165, 1.54) is 41.3 Å². The van der Waals surface area contributed by atoms with Crippen molar-refractivity contribution in [2.75, 3.05) is 11.9 Å². The van der Waals surface area contributed by atoms with Gasteiger partial charge in [-0.1, -0.05) is 23.9 Å². The first kappa shape index (κ1) is 20.5. The Bertz CT molecular complexity index is 995. The molecule has 0 radical (unpaired) electrons. The lowest BCUT2D eigenvalue weighted by Crippen LogP contribution is -2.45. The Kier molecular flexibility index (Phi) is 6.28. The van der Waals surface area contributed by atoms with E-state index in [4.69, 9.17) is 5.11 Å². The van der Waals surface area contributed by atoms with E-state index >= 15 is 0 Å². The predicted octanol–water partition coefficient (Wildman–Crippen LogP) is 3.50. The van der Waals surface area contributed by atoms with Crippen LogP contribution in [0.1, 0.15) is 23.7 Å². The van der Waals surface area contributed by atoms with Crippen molar-refractivity contribution in [2.45, 2.75) is 18.6 Å². The molecule has 1 aliphatic rings. The third-order valence-corrected chi connectivity index (χ3v) is 5.35. The lowest BCUT2D eigenvalue weighted by atomic mass is 10.2. The van der Waals surface area contributed by atoms with Gasteiger partial charge in [-0.05, 0) is 43.3 Å². The highest BCUT2D eigenvalue weighted by Crippen LogP contribution is 2.30. The SMILES string of the molecule is CCN1C(=O)CC(C(=O)Nc2cccc(C(=O)O)c2)SC1=Nc1cccc(F)c1. The molecule has 2 aromatic carbocycles. The first-order chi connectivity index (χ1) is 13.9. The Hall–Kier alpha value is -3.20. The topological polar surface area (TPSA) is 99.1 Å². The van der Waals surface area contributed by atoms with E-state index in [2.05, 4.69) is 10.3 Å². The molecule has 0 spiro atoms.